The quantitative estimate of drug-likeness (QED) is 0.629. The molecule has 0 unspecified atom stereocenters. The zero-order valence-corrected chi connectivity index (χ0v) is 20.8. The van der Waals surface area contributed by atoms with Crippen molar-refractivity contribution in [2.45, 2.75) is 82.8 Å². The summed E-state index contributed by atoms with van der Waals surface area (Å²) in [5.41, 5.74) is 5.64. The zero-order chi connectivity index (χ0) is 23.6. The lowest BCUT2D eigenvalue weighted by atomic mass is 9.63. The van der Waals surface area contributed by atoms with Crippen molar-refractivity contribution in [1.82, 2.24) is 10.2 Å². The van der Waals surface area contributed by atoms with Crippen LogP contribution in [0.2, 0.25) is 0 Å². The SMILES string of the molecule is CC1(C)CCC(C)(C)c2cc(C3=C\CC\C=C/C(N4CC[C@@H](NC[C@H](O)CO)C4)=N/3)ccc21. The van der Waals surface area contributed by atoms with Crippen molar-refractivity contribution in [2.24, 2.45) is 4.99 Å². The Morgan fingerprint density at radius 3 is 2.64 bits per heavy atom. The lowest BCUT2D eigenvalue weighted by molar-refractivity contribution is 0.0922. The smallest absolute Gasteiger partial charge is 0.128 e. The normalized spacial score (nSPS) is 29.2. The van der Waals surface area contributed by atoms with Crippen LogP contribution in [0.4, 0.5) is 0 Å². The minimum atomic E-state index is -0.703. The van der Waals surface area contributed by atoms with Gasteiger partial charge in [-0.2, -0.15) is 0 Å². The van der Waals surface area contributed by atoms with Crippen LogP contribution in [0.15, 0.2) is 41.4 Å². The largest absolute Gasteiger partial charge is 0.394 e. The highest BCUT2D eigenvalue weighted by molar-refractivity contribution is 5.97. The molecule has 0 amide bonds. The number of hydrogen-bond acceptors (Lipinski definition) is 5. The number of nitrogens with zero attached hydrogens (tertiary/aromatic N) is 2. The van der Waals surface area contributed by atoms with Crippen LogP contribution >= 0.6 is 0 Å². The molecule has 180 valence electrons. The average Bonchev–Trinajstić information content (AvgIpc) is 3.24. The highest BCUT2D eigenvalue weighted by Crippen LogP contribution is 2.46. The van der Waals surface area contributed by atoms with E-state index in [0.29, 0.717) is 12.6 Å². The molecule has 2 atom stereocenters. The summed E-state index contributed by atoms with van der Waals surface area (Å²) in [4.78, 5) is 7.50. The number of aliphatic hydroxyl groups is 2. The van der Waals surface area contributed by atoms with E-state index in [2.05, 4.69) is 74.3 Å². The van der Waals surface area contributed by atoms with E-state index in [1.165, 1.54) is 29.5 Å². The van der Waals surface area contributed by atoms with Gasteiger partial charge in [-0.15, -0.1) is 0 Å². The summed E-state index contributed by atoms with van der Waals surface area (Å²) in [6.45, 7) is 11.5. The van der Waals surface area contributed by atoms with Gasteiger partial charge in [-0.25, -0.2) is 4.99 Å². The first-order valence-corrected chi connectivity index (χ1v) is 12.6. The van der Waals surface area contributed by atoms with Crippen LogP contribution in [-0.2, 0) is 10.8 Å². The van der Waals surface area contributed by atoms with Gasteiger partial charge in [0.05, 0.1) is 18.4 Å². The Labute approximate surface area is 199 Å². The van der Waals surface area contributed by atoms with Gasteiger partial charge in [-0.1, -0.05) is 52.0 Å². The Morgan fingerprint density at radius 1 is 1.12 bits per heavy atom. The summed E-state index contributed by atoms with van der Waals surface area (Å²) in [7, 11) is 0. The number of hydrogen-bond donors (Lipinski definition) is 3. The van der Waals surface area contributed by atoms with Crippen LogP contribution in [0.3, 0.4) is 0 Å². The molecule has 0 spiro atoms. The molecule has 0 bridgehead atoms. The Hall–Kier alpha value is -1.95. The van der Waals surface area contributed by atoms with Crippen molar-refractivity contribution in [3.05, 3.63) is 53.1 Å². The van der Waals surface area contributed by atoms with Crippen molar-refractivity contribution in [2.75, 3.05) is 26.2 Å². The number of nitrogens with one attached hydrogen (secondary N) is 1. The van der Waals surface area contributed by atoms with E-state index in [1.54, 1.807) is 0 Å². The molecular weight excluding hydrogens is 410 g/mol. The van der Waals surface area contributed by atoms with Gasteiger partial charge in [-0.05, 0) is 66.2 Å². The predicted octanol–water partition coefficient (Wildman–Crippen LogP) is 4.14. The maximum atomic E-state index is 9.65. The molecule has 4 rings (SSSR count). The summed E-state index contributed by atoms with van der Waals surface area (Å²) < 4.78 is 0. The van der Waals surface area contributed by atoms with Gasteiger partial charge in [0.15, 0.2) is 0 Å². The van der Waals surface area contributed by atoms with Crippen LogP contribution in [0.25, 0.3) is 5.70 Å². The van der Waals surface area contributed by atoms with Crippen LogP contribution in [0.1, 0.15) is 76.5 Å². The van der Waals surface area contributed by atoms with Gasteiger partial charge in [0, 0.05) is 31.2 Å². The summed E-state index contributed by atoms with van der Waals surface area (Å²) in [5.74, 6) is 1.02. The van der Waals surface area contributed by atoms with Crippen molar-refractivity contribution >= 4 is 11.5 Å². The molecule has 1 aliphatic carbocycles. The van der Waals surface area contributed by atoms with Crippen molar-refractivity contribution in [3.63, 3.8) is 0 Å². The third-order valence-corrected chi connectivity index (χ3v) is 7.69. The van der Waals surface area contributed by atoms with Crippen LogP contribution in [-0.4, -0.2) is 59.3 Å². The summed E-state index contributed by atoms with van der Waals surface area (Å²) >= 11 is 0. The molecule has 3 N–H and O–H groups in total. The molecule has 2 aliphatic heterocycles. The highest BCUT2D eigenvalue weighted by Gasteiger charge is 2.37. The standard InChI is InChI=1S/C28H41N3O2/c1-27(2)13-14-28(3,4)24-16-20(10-11-23(24)27)25-8-6-5-7-9-26(30-25)31-15-12-21(18-31)29-17-22(33)19-32/h7-11,16,21-22,29,32-33H,5-6,12-15,17-19H2,1-4H3/b9-7-,25-8-,30-26-/t21-,22+/m1/s1. The summed E-state index contributed by atoms with van der Waals surface area (Å²) in [6, 6.07) is 7.31. The molecule has 0 saturated carbocycles. The van der Waals surface area contributed by atoms with E-state index in [0.717, 1.165) is 43.9 Å². The Kier molecular flexibility index (Phi) is 7.13. The van der Waals surface area contributed by atoms with Gasteiger partial charge in [-0.3, -0.25) is 0 Å². The van der Waals surface area contributed by atoms with Crippen molar-refractivity contribution in [1.29, 1.82) is 0 Å². The van der Waals surface area contributed by atoms with E-state index >= 15 is 0 Å². The van der Waals surface area contributed by atoms with Crippen molar-refractivity contribution in [3.8, 4) is 0 Å². The minimum absolute atomic E-state index is 0.183. The van der Waals surface area contributed by atoms with E-state index in [4.69, 9.17) is 10.1 Å². The second-order valence-corrected chi connectivity index (χ2v) is 11.2. The molecular formula is C28H41N3O2. The molecule has 1 fully saturated rings. The molecule has 1 aromatic carbocycles. The fourth-order valence-electron chi connectivity index (χ4n) is 5.32. The molecule has 5 nitrogen and oxygen atoms in total. The van der Waals surface area contributed by atoms with Gasteiger partial charge in [0.25, 0.3) is 0 Å². The molecule has 0 aromatic heterocycles. The number of benzene rings is 1. The maximum Gasteiger partial charge on any atom is 0.128 e. The van der Waals surface area contributed by atoms with Crippen LogP contribution in [0.5, 0.6) is 0 Å². The average molecular weight is 452 g/mol. The molecule has 0 radical (unpaired) electrons. The first-order valence-electron chi connectivity index (χ1n) is 12.6. The van der Waals surface area contributed by atoms with Crippen LogP contribution < -0.4 is 5.32 Å². The Morgan fingerprint density at radius 2 is 1.88 bits per heavy atom. The first-order chi connectivity index (χ1) is 15.7. The topological polar surface area (TPSA) is 68.1 Å². The molecule has 1 aromatic rings. The molecule has 5 heteroatoms. The molecule has 3 aliphatic rings. The second kappa shape index (κ2) is 9.73. The number of likely N-dealkylation sites (tertiary alicyclic amines) is 1. The van der Waals surface area contributed by atoms with Gasteiger partial charge in [0.1, 0.15) is 5.84 Å². The second-order valence-electron chi connectivity index (χ2n) is 11.2. The van der Waals surface area contributed by atoms with Gasteiger partial charge >= 0.3 is 0 Å². The molecule has 33 heavy (non-hydrogen) atoms. The third-order valence-electron chi connectivity index (χ3n) is 7.69. The highest BCUT2D eigenvalue weighted by atomic mass is 16.3. The Bertz CT molecular complexity index is 944. The Balaban J connectivity index is 1.58. The number of amidine groups is 1. The number of fused-ring (bicyclic) bond motifs is 1. The molecule has 1 saturated heterocycles. The monoisotopic (exact) mass is 451 g/mol. The summed E-state index contributed by atoms with van der Waals surface area (Å²) in [6.07, 6.45) is 11.4. The molecule has 2 heterocycles. The van der Waals surface area contributed by atoms with E-state index < -0.39 is 6.10 Å². The fraction of sp³-hybridized carbons (Fsp3) is 0.607. The number of aliphatic imine (C=N–C) groups is 1. The number of allylic oxidation sites excluding steroid dienone is 2. The maximum absolute atomic E-state index is 9.65. The van der Waals surface area contributed by atoms with E-state index in [9.17, 15) is 5.11 Å². The fourth-order valence-corrected chi connectivity index (χ4v) is 5.32. The first kappa shape index (κ1) is 24.2. The van der Waals surface area contributed by atoms with Crippen LogP contribution in [0, 0.1) is 0 Å². The minimum Gasteiger partial charge on any atom is -0.394 e. The van der Waals surface area contributed by atoms with E-state index in [-0.39, 0.29) is 17.4 Å². The lowest BCUT2D eigenvalue weighted by Crippen LogP contribution is -2.39. The number of rotatable bonds is 5. The van der Waals surface area contributed by atoms with Gasteiger partial charge in [0.2, 0.25) is 0 Å². The van der Waals surface area contributed by atoms with Gasteiger partial charge < -0.3 is 20.4 Å². The van der Waals surface area contributed by atoms with E-state index in [1.807, 2.05) is 0 Å². The predicted molar refractivity (Wildman–Crippen MR) is 137 cm³/mol. The zero-order valence-electron chi connectivity index (χ0n) is 20.8. The lowest BCUT2D eigenvalue weighted by Gasteiger charge is -2.42. The summed E-state index contributed by atoms with van der Waals surface area (Å²) in [5, 5.41) is 22.1. The number of aliphatic hydroxyl groups excluding tert-OH is 2. The third kappa shape index (κ3) is 5.42. The van der Waals surface area contributed by atoms with Crippen molar-refractivity contribution < 1.29 is 10.2 Å².